The Morgan fingerprint density at radius 1 is 0.912 bits per heavy atom. The lowest BCUT2D eigenvalue weighted by atomic mass is 10.1. The van der Waals surface area contributed by atoms with Crippen LogP contribution in [0.1, 0.15) is 51.2 Å². The van der Waals surface area contributed by atoms with Gasteiger partial charge in [-0.3, -0.25) is 28.9 Å². The number of nitrogens with zero attached hydrogens (tertiary/aromatic N) is 6. The minimum absolute atomic E-state index is 0.0518. The number of nitrogens with two attached hydrogens (primary N) is 6. The van der Waals surface area contributed by atoms with E-state index in [4.69, 9.17) is 39.1 Å². The van der Waals surface area contributed by atoms with Gasteiger partial charge in [0.05, 0.1) is 25.0 Å². The number of ether oxygens (including phenoxy) is 1. The van der Waals surface area contributed by atoms with Crippen molar-refractivity contribution in [1.82, 2.24) is 40.8 Å². The molecule has 0 unspecified atom stereocenters. The number of aliphatic hydroxyl groups is 2. The van der Waals surface area contributed by atoms with E-state index in [1.165, 1.54) is 29.0 Å². The summed E-state index contributed by atoms with van der Waals surface area (Å²) in [5, 5.41) is 41.3. The van der Waals surface area contributed by atoms with Crippen molar-refractivity contribution in [2.24, 2.45) is 38.7 Å². The second kappa shape index (κ2) is 23.9. The van der Waals surface area contributed by atoms with E-state index in [2.05, 4.69) is 46.2 Å². The number of rotatable bonds is 25. The summed E-state index contributed by atoms with van der Waals surface area (Å²) in [6.45, 7) is 0.742. The third-order valence-corrected chi connectivity index (χ3v) is 9.82. The number of hydrogen-bond acceptors (Lipinski definition) is 16. The van der Waals surface area contributed by atoms with E-state index < -0.39 is 72.9 Å². The summed E-state index contributed by atoms with van der Waals surface area (Å²) in [5.41, 5.74) is 34.5. The van der Waals surface area contributed by atoms with Gasteiger partial charge in [-0.1, -0.05) is 0 Å². The Balaban J connectivity index is 1.34. The largest absolute Gasteiger partial charge is 0.480 e. The number of guanidine groups is 2. The number of carboxylic acid groups (broad SMARTS) is 1. The molecule has 0 bridgehead atoms. The number of hydrogen-bond donors (Lipinski definition) is 13. The van der Waals surface area contributed by atoms with E-state index in [0.29, 0.717) is 61.4 Å². The third kappa shape index (κ3) is 15.1. The van der Waals surface area contributed by atoms with Crippen molar-refractivity contribution in [3.05, 3.63) is 12.7 Å². The van der Waals surface area contributed by atoms with E-state index in [9.17, 15) is 34.5 Å². The van der Waals surface area contributed by atoms with Crippen LogP contribution in [0.25, 0.3) is 11.2 Å². The number of aromatic nitrogens is 4. The van der Waals surface area contributed by atoms with Crippen LogP contribution >= 0.6 is 11.8 Å². The number of nitrogens with one attached hydrogen (secondary N) is 4. The Kier molecular flexibility index (Phi) is 19.4. The number of imidazole rings is 1. The molecule has 1 aliphatic heterocycles. The molecule has 25 heteroatoms. The number of nitrogen functional groups attached to an aromatic ring is 1. The maximum atomic E-state index is 13.0. The minimum Gasteiger partial charge on any atom is -0.480 e. The first-order chi connectivity index (χ1) is 27.2. The molecule has 7 atom stereocenters. The zero-order valence-corrected chi connectivity index (χ0v) is 32.4. The van der Waals surface area contributed by atoms with Crippen molar-refractivity contribution < 1.29 is 39.2 Å². The summed E-state index contributed by atoms with van der Waals surface area (Å²) in [6, 6.07) is -3.25. The van der Waals surface area contributed by atoms with Crippen molar-refractivity contribution in [3.63, 3.8) is 0 Å². The van der Waals surface area contributed by atoms with Crippen LogP contribution in [-0.4, -0.2) is 151 Å². The number of carbonyl (C=O) groups is 4. The summed E-state index contributed by atoms with van der Waals surface area (Å²) < 4.78 is 7.47. The second-order valence-electron chi connectivity index (χ2n) is 13.1. The summed E-state index contributed by atoms with van der Waals surface area (Å²) in [7, 11) is 0. The van der Waals surface area contributed by atoms with Gasteiger partial charge >= 0.3 is 5.97 Å². The highest BCUT2D eigenvalue weighted by molar-refractivity contribution is 7.99. The highest BCUT2D eigenvalue weighted by Gasteiger charge is 2.44. The molecule has 0 spiro atoms. The van der Waals surface area contributed by atoms with Gasteiger partial charge in [0, 0.05) is 25.4 Å². The zero-order chi connectivity index (χ0) is 41.9. The lowest BCUT2D eigenvalue weighted by molar-refractivity contribution is -0.142. The van der Waals surface area contributed by atoms with Gasteiger partial charge in [-0.25, -0.2) is 19.7 Å². The molecule has 19 N–H and O–H groups in total. The Morgan fingerprint density at radius 2 is 1.65 bits per heavy atom. The average Bonchev–Trinajstić information content (AvgIpc) is 3.73. The Bertz CT molecular complexity index is 1680. The Hall–Kier alpha value is -5.08. The van der Waals surface area contributed by atoms with Gasteiger partial charge in [-0.15, -0.1) is 0 Å². The van der Waals surface area contributed by atoms with E-state index in [1.54, 1.807) is 0 Å². The summed E-state index contributed by atoms with van der Waals surface area (Å²) in [4.78, 5) is 70.1. The van der Waals surface area contributed by atoms with Crippen LogP contribution in [0.2, 0.25) is 0 Å². The number of fused-ring (bicyclic) bond motifs is 1. The standard InChI is InChI=1S/C32H56N16O8S/c33-8-1-6-18(46-21(49)13-42-27(52)17(34)5-2-9-39-31(36)37)28(53)47-19(30(54)55)7-3-10-40-32(38)41-11-4-12-57-14-20-23(50)24(51)29(56-20)48-16-45-22-25(35)43-15-44-26(22)48/h15-20,23-24,29,50-51H,1-14,33-34H2,(H,42,52)(H,46,49)(H,47,53)(H,54,55)(H2,35,43,44)(H4,36,37,39)(H3,38,40,41)/t17-,18-,19-,20+,23+,24+,29+/m0/s1. The monoisotopic (exact) mass is 824 g/mol. The van der Waals surface area contributed by atoms with Gasteiger partial charge in [0.15, 0.2) is 29.6 Å². The van der Waals surface area contributed by atoms with Crippen LogP contribution in [-0.2, 0) is 23.9 Å². The van der Waals surface area contributed by atoms with Crippen LogP contribution in [0, 0.1) is 0 Å². The van der Waals surface area contributed by atoms with Crippen LogP contribution in [0.5, 0.6) is 0 Å². The zero-order valence-electron chi connectivity index (χ0n) is 31.5. The maximum Gasteiger partial charge on any atom is 0.326 e. The number of amides is 3. The average molecular weight is 825 g/mol. The predicted molar refractivity (Wildman–Crippen MR) is 212 cm³/mol. The maximum absolute atomic E-state index is 13.0. The topological polar surface area (TPSA) is 411 Å². The molecule has 2 aromatic rings. The third-order valence-electron chi connectivity index (χ3n) is 8.68. The number of thioether (sulfide) groups is 1. The minimum atomic E-state index is -1.26. The number of aliphatic imine (C=N–C) groups is 2. The van der Waals surface area contributed by atoms with Crippen molar-refractivity contribution in [2.75, 3.05) is 50.0 Å². The smallest absolute Gasteiger partial charge is 0.326 e. The van der Waals surface area contributed by atoms with Crippen molar-refractivity contribution >= 4 is 64.4 Å². The molecule has 24 nitrogen and oxygen atoms in total. The van der Waals surface area contributed by atoms with E-state index in [1.807, 2.05) is 0 Å². The van der Waals surface area contributed by atoms with Gasteiger partial charge in [0.2, 0.25) is 17.7 Å². The fourth-order valence-corrected chi connectivity index (χ4v) is 6.62. The molecule has 2 aromatic heterocycles. The molecule has 0 saturated carbocycles. The number of anilines is 1. The summed E-state index contributed by atoms with van der Waals surface area (Å²) >= 11 is 1.52. The first-order valence-corrected chi connectivity index (χ1v) is 19.6. The number of carboxylic acids is 1. The first-order valence-electron chi connectivity index (χ1n) is 18.4. The molecule has 318 valence electrons. The molecule has 1 fully saturated rings. The fourth-order valence-electron chi connectivity index (χ4n) is 5.61. The molecular formula is C32H56N16O8S. The van der Waals surface area contributed by atoms with Gasteiger partial charge in [0.1, 0.15) is 36.1 Å². The molecule has 3 heterocycles. The molecular weight excluding hydrogens is 769 g/mol. The molecule has 0 aliphatic carbocycles. The Morgan fingerprint density at radius 3 is 2.37 bits per heavy atom. The van der Waals surface area contributed by atoms with Crippen molar-refractivity contribution in [3.8, 4) is 0 Å². The van der Waals surface area contributed by atoms with Gasteiger partial charge in [-0.2, -0.15) is 11.8 Å². The quantitative estimate of drug-likeness (QED) is 0.0253. The van der Waals surface area contributed by atoms with Crippen molar-refractivity contribution in [1.29, 1.82) is 0 Å². The predicted octanol–water partition coefficient (Wildman–Crippen LogP) is -4.87. The van der Waals surface area contributed by atoms with Crippen LogP contribution in [0.15, 0.2) is 22.6 Å². The lowest BCUT2D eigenvalue weighted by Gasteiger charge is -2.22. The van der Waals surface area contributed by atoms with E-state index in [-0.39, 0.29) is 50.1 Å². The normalized spacial score (nSPS) is 19.7. The molecule has 3 amide bonds. The van der Waals surface area contributed by atoms with E-state index in [0.717, 1.165) is 0 Å². The fraction of sp³-hybridized carbons (Fsp3) is 0.656. The van der Waals surface area contributed by atoms with Crippen LogP contribution < -0.4 is 55.7 Å². The molecule has 57 heavy (non-hydrogen) atoms. The van der Waals surface area contributed by atoms with Crippen molar-refractivity contribution in [2.45, 2.75) is 87.6 Å². The van der Waals surface area contributed by atoms with Gasteiger partial charge in [0.25, 0.3) is 0 Å². The molecule has 1 saturated heterocycles. The highest BCUT2D eigenvalue weighted by Crippen LogP contribution is 2.33. The highest BCUT2D eigenvalue weighted by atomic mass is 32.2. The van der Waals surface area contributed by atoms with Crippen LogP contribution in [0.3, 0.4) is 0 Å². The second-order valence-corrected chi connectivity index (χ2v) is 14.3. The number of aliphatic hydroxyl groups excluding tert-OH is 2. The lowest BCUT2D eigenvalue weighted by Crippen LogP contribution is -2.53. The van der Waals surface area contributed by atoms with Crippen LogP contribution in [0.4, 0.5) is 5.82 Å². The first kappa shape index (κ1) is 46.3. The molecule has 1 aliphatic rings. The molecule has 0 radical (unpaired) electrons. The number of carbonyl (C=O) groups excluding carboxylic acids is 3. The SMILES string of the molecule is NCCC[C@H](NC(=O)CNC(=O)[C@@H](N)CCCN=C(N)N)C(=O)N[C@@H](CCCNC(N)=NCCCSC[C@H]1O[C@@H](n2cnc3c(N)ncnc32)[C@H](O)[C@@H]1O)C(=O)O. The summed E-state index contributed by atoms with van der Waals surface area (Å²) in [5.74, 6) is -1.86. The molecule has 0 aromatic carbocycles. The molecule has 3 rings (SSSR count). The van der Waals surface area contributed by atoms with Gasteiger partial charge < -0.3 is 75.7 Å². The van der Waals surface area contributed by atoms with E-state index >= 15 is 0 Å². The Labute approximate surface area is 332 Å². The summed E-state index contributed by atoms with van der Waals surface area (Å²) in [6.07, 6.45) is 1.11. The number of aliphatic carboxylic acids is 1. The van der Waals surface area contributed by atoms with Gasteiger partial charge in [-0.05, 0) is 57.2 Å².